The van der Waals surface area contributed by atoms with Gasteiger partial charge in [0.25, 0.3) is 0 Å². The third-order valence-corrected chi connectivity index (χ3v) is 10.0. The molecule has 4 aromatic carbocycles. The first-order valence-corrected chi connectivity index (χ1v) is 17.1. The molecular formula is C44H42O4. The van der Waals surface area contributed by atoms with Crippen LogP contribution in [0.5, 0.6) is 5.75 Å². The second-order valence-corrected chi connectivity index (χ2v) is 14.5. The van der Waals surface area contributed by atoms with Gasteiger partial charge in [0.2, 0.25) is 0 Å². The molecule has 5 aromatic rings. The highest BCUT2D eigenvalue weighted by Gasteiger charge is 2.35. The number of carbonyl (C=O) groups is 1. The van der Waals surface area contributed by atoms with Gasteiger partial charge < -0.3 is 9.84 Å². The minimum absolute atomic E-state index is 0.197. The van der Waals surface area contributed by atoms with E-state index in [-0.39, 0.29) is 33.5 Å². The summed E-state index contributed by atoms with van der Waals surface area (Å²) in [6.07, 6.45) is 9.44. The van der Waals surface area contributed by atoms with Crippen LogP contribution in [-0.4, -0.2) is 5.78 Å². The van der Waals surface area contributed by atoms with Crippen molar-refractivity contribution in [2.75, 3.05) is 0 Å². The molecule has 0 spiro atoms. The van der Waals surface area contributed by atoms with Gasteiger partial charge in [0, 0.05) is 39.1 Å². The highest BCUT2D eigenvalue weighted by molar-refractivity contribution is 6.24. The van der Waals surface area contributed by atoms with E-state index in [9.17, 15) is 9.90 Å². The molecule has 0 fully saturated rings. The van der Waals surface area contributed by atoms with Crippen molar-refractivity contribution >= 4 is 49.9 Å². The molecule has 1 aliphatic heterocycles. The van der Waals surface area contributed by atoms with E-state index in [0.29, 0.717) is 0 Å². The fourth-order valence-electron chi connectivity index (χ4n) is 7.29. The van der Waals surface area contributed by atoms with Gasteiger partial charge in [-0.05, 0) is 79.5 Å². The standard InChI is InChI=1S/C44H42O4/c1-7-21-43(3,4)37-25-29(33-19-17-27-13-9-11-15-31(27)41(33)47-37)23-35-39(45)36(40(35)46)24-30-26-38(44(5,6)22-8-2)48-42-32-16-12-10-14-28(32)18-20-34(30)42/h9-20,23-26H,7-8,21-22H2,1-6H3. The van der Waals surface area contributed by atoms with Crippen LogP contribution in [0.4, 0.5) is 0 Å². The topological polar surface area (TPSA) is 60.7 Å². The molecule has 242 valence electrons. The lowest BCUT2D eigenvalue weighted by atomic mass is 9.80. The quantitative estimate of drug-likeness (QED) is 0.0968. The molecule has 1 aliphatic carbocycles. The van der Waals surface area contributed by atoms with Gasteiger partial charge in [-0.3, -0.25) is 4.79 Å². The highest BCUT2D eigenvalue weighted by Crippen LogP contribution is 2.46. The van der Waals surface area contributed by atoms with Gasteiger partial charge in [-0.1, -0.05) is 101 Å². The SMILES string of the molecule is CCCC(C)(C)C1=C/C(=C\C2=C([O-])C(=C\c3cc(C(C)(C)CCC)[o+]c4c3ccc3ccccc34)/C2=O)c2ccc3ccccc3c2O1. The summed E-state index contributed by atoms with van der Waals surface area (Å²) in [6, 6.07) is 26.5. The number of ketones is 1. The van der Waals surface area contributed by atoms with E-state index in [1.54, 1.807) is 12.2 Å². The van der Waals surface area contributed by atoms with Crippen LogP contribution in [0, 0.1) is 5.41 Å². The largest absolute Gasteiger partial charge is 0.871 e. The first-order valence-electron chi connectivity index (χ1n) is 17.1. The second-order valence-electron chi connectivity index (χ2n) is 14.5. The number of benzene rings is 4. The molecule has 48 heavy (non-hydrogen) atoms. The van der Waals surface area contributed by atoms with Crippen LogP contribution in [0.25, 0.3) is 44.2 Å². The van der Waals surface area contributed by atoms with E-state index in [2.05, 4.69) is 77.9 Å². The summed E-state index contributed by atoms with van der Waals surface area (Å²) < 4.78 is 13.3. The van der Waals surface area contributed by atoms with Crippen molar-refractivity contribution in [2.45, 2.75) is 72.6 Å². The lowest BCUT2D eigenvalue weighted by Crippen LogP contribution is -2.29. The van der Waals surface area contributed by atoms with Crippen molar-refractivity contribution < 1.29 is 19.1 Å². The second kappa shape index (κ2) is 11.9. The molecule has 2 aliphatic rings. The van der Waals surface area contributed by atoms with Crippen LogP contribution >= 0.6 is 0 Å². The molecule has 0 N–H and O–H groups in total. The summed E-state index contributed by atoms with van der Waals surface area (Å²) in [5.74, 6) is 1.96. The summed E-state index contributed by atoms with van der Waals surface area (Å²) >= 11 is 0. The number of fused-ring (bicyclic) bond motifs is 6. The Morgan fingerprint density at radius 3 is 2.12 bits per heavy atom. The number of hydrogen-bond acceptors (Lipinski definition) is 3. The lowest BCUT2D eigenvalue weighted by Gasteiger charge is -2.33. The smallest absolute Gasteiger partial charge is 0.368 e. The number of Topliss-reactive ketones (excluding diaryl/α,β-unsaturated/α-hetero) is 1. The van der Waals surface area contributed by atoms with E-state index >= 15 is 0 Å². The van der Waals surface area contributed by atoms with E-state index in [1.165, 1.54) is 0 Å². The molecule has 2 heterocycles. The molecule has 1 aromatic heterocycles. The molecule has 0 amide bonds. The van der Waals surface area contributed by atoms with Gasteiger partial charge in [0.1, 0.15) is 11.5 Å². The van der Waals surface area contributed by atoms with E-state index in [4.69, 9.17) is 9.15 Å². The molecule has 4 heteroatoms. The van der Waals surface area contributed by atoms with Crippen LogP contribution in [0.15, 0.2) is 118 Å². The number of allylic oxidation sites excluding steroid dienone is 6. The molecular weight excluding hydrogens is 592 g/mol. The van der Waals surface area contributed by atoms with Crippen LogP contribution in [0.3, 0.4) is 0 Å². The van der Waals surface area contributed by atoms with Crippen molar-refractivity contribution in [3.8, 4) is 5.75 Å². The summed E-state index contributed by atoms with van der Waals surface area (Å²) in [5.41, 5.74) is 3.22. The average molecular weight is 635 g/mol. The maximum absolute atomic E-state index is 13.8. The molecule has 0 atom stereocenters. The number of ether oxygens (including phenoxy) is 1. The van der Waals surface area contributed by atoms with Gasteiger partial charge in [0.15, 0.2) is 5.78 Å². The Kier molecular flexibility index (Phi) is 7.86. The molecule has 7 rings (SSSR count). The van der Waals surface area contributed by atoms with Gasteiger partial charge >= 0.3 is 11.3 Å². The fourth-order valence-corrected chi connectivity index (χ4v) is 7.29. The zero-order valence-corrected chi connectivity index (χ0v) is 28.7. The van der Waals surface area contributed by atoms with E-state index in [0.717, 1.165) is 92.2 Å². The van der Waals surface area contributed by atoms with Crippen LogP contribution in [0.2, 0.25) is 0 Å². The Morgan fingerprint density at radius 2 is 1.42 bits per heavy atom. The Balaban J connectivity index is 1.38. The lowest BCUT2D eigenvalue weighted by molar-refractivity contribution is -0.300. The van der Waals surface area contributed by atoms with Crippen molar-refractivity contribution in [2.24, 2.45) is 5.41 Å². The summed E-state index contributed by atoms with van der Waals surface area (Å²) in [7, 11) is 0. The maximum Gasteiger partial charge on any atom is 0.368 e. The van der Waals surface area contributed by atoms with Crippen molar-refractivity contribution in [3.63, 3.8) is 0 Å². The molecule has 0 saturated carbocycles. The Hall–Kier alpha value is -4.96. The number of carbonyl (C=O) groups excluding carboxylic acids is 1. The summed E-state index contributed by atoms with van der Waals surface area (Å²) in [6.45, 7) is 13.1. The Morgan fingerprint density at radius 1 is 0.771 bits per heavy atom. The van der Waals surface area contributed by atoms with Crippen molar-refractivity contribution in [1.29, 1.82) is 0 Å². The van der Waals surface area contributed by atoms with Crippen LogP contribution < -0.4 is 9.84 Å². The zero-order chi connectivity index (χ0) is 33.8. The monoisotopic (exact) mass is 634 g/mol. The van der Waals surface area contributed by atoms with Gasteiger partial charge in [-0.15, -0.1) is 0 Å². The molecule has 0 saturated heterocycles. The van der Waals surface area contributed by atoms with Crippen LogP contribution in [-0.2, 0) is 10.2 Å². The minimum Gasteiger partial charge on any atom is -0.871 e. The first kappa shape index (κ1) is 31.6. The first-order chi connectivity index (χ1) is 23.0. The van der Waals surface area contributed by atoms with Crippen LogP contribution in [0.1, 0.15) is 84.1 Å². The Bertz CT molecular complexity index is 2260. The van der Waals surface area contributed by atoms with Crippen molar-refractivity contribution in [1.82, 2.24) is 0 Å². The maximum atomic E-state index is 13.8. The number of hydrogen-bond donors (Lipinski definition) is 0. The highest BCUT2D eigenvalue weighted by atomic mass is 16.5. The number of rotatable bonds is 8. The average Bonchev–Trinajstić information content (AvgIpc) is 3.08. The molecule has 0 bridgehead atoms. The summed E-state index contributed by atoms with van der Waals surface area (Å²) in [5, 5.41) is 18.9. The molecule has 0 radical (unpaired) electrons. The minimum atomic E-state index is -0.242. The van der Waals surface area contributed by atoms with E-state index < -0.39 is 0 Å². The van der Waals surface area contributed by atoms with Crippen molar-refractivity contribution in [3.05, 3.63) is 131 Å². The predicted molar refractivity (Wildman–Crippen MR) is 195 cm³/mol. The van der Waals surface area contributed by atoms with E-state index in [1.807, 2.05) is 48.5 Å². The normalized spacial score (nSPS) is 16.9. The zero-order valence-electron chi connectivity index (χ0n) is 28.7. The third-order valence-electron chi connectivity index (χ3n) is 10.0. The summed E-state index contributed by atoms with van der Waals surface area (Å²) in [4.78, 5) is 13.8. The predicted octanol–water partition coefficient (Wildman–Crippen LogP) is 10.9. The molecule has 4 nitrogen and oxygen atoms in total. The van der Waals surface area contributed by atoms with Gasteiger partial charge in [-0.2, -0.15) is 0 Å². The van der Waals surface area contributed by atoms with Gasteiger partial charge in [-0.25, -0.2) is 4.42 Å². The molecule has 0 unspecified atom stereocenters. The fraction of sp³-hybridized carbons (Fsp3) is 0.273. The van der Waals surface area contributed by atoms with Gasteiger partial charge in [0.05, 0.1) is 16.2 Å². The third kappa shape index (κ3) is 5.34. The Labute approximate surface area is 282 Å².